The maximum Gasteiger partial charge on any atom is 0.0717 e. The van der Waals surface area contributed by atoms with Gasteiger partial charge in [-0.1, -0.05) is 63.6 Å². The molecule has 0 bridgehead atoms. The predicted molar refractivity (Wildman–Crippen MR) is 156 cm³/mol. The second-order valence-electron chi connectivity index (χ2n) is 13.3. The lowest BCUT2D eigenvalue weighted by molar-refractivity contribution is 0.152. The summed E-state index contributed by atoms with van der Waals surface area (Å²) in [6.07, 6.45) is 14.8. The fourth-order valence-electron chi connectivity index (χ4n) is 6.92. The summed E-state index contributed by atoms with van der Waals surface area (Å²) in [6, 6.07) is 8.07. The first kappa shape index (κ1) is 26.7. The summed E-state index contributed by atoms with van der Waals surface area (Å²) in [5.41, 5.74) is 9.34. The number of benzene rings is 1. The van der Waals surface area contributed by atoms with E-state index >= 15 is 0 Å². The van der Waals surface area contributed by atoms with E-state index in [0.717, 1.165) is 45.4 Å². The molecule has 0 aromatic heterocycles. The summed E-state index contributed by atoms with van der Waals surface area (Å²) in [7, 11) is 0. The van der Waals surface area contributed by atoms with Gasteiger partial charge in [-0.2, -0.15) is 0 Å². The predicted octanol–water partition coefficient (Wildman–Crippen LogP) is 5.82. The Bertz CT molecular complexity index is 1070. The lowest BCUT2D eigenvalue weighted by Crippen LogP contribution is -2.47. The highest BCUT2D eigenvalue weighted by Gasteiger charge is 2.37. The van der Waals surface area contributed by atoms with Crippen molar-refractivity contribution in [2.45, 2.75) is 109 Å². The van der Waals surface area contributed by atoms with E-state index in [1.165, 1.54) is 53.7 Å². The quantitative estimate of drug-likeness (QED) is 0.474. The molecule has 5 rings (SSSR count). The number of aliphatic hydroxyl groups excluding tert-OH is 1. The van der Waals surface area contributed by atoms with Crippen LogP contribution in [0.5, 0.6) is 0 Å². The molecule has 2 saturated heterocycles. The van der Waals surface area contributed by atoms with Crippen LogP contribution in [-0.4, -0.2) is 54.4 Å². The molecule has 0 radical (unpaired) electrons. The Labute approximate surface area is 225 Å². The van der Waals surface area contributed by atoms with Crippen molar-refractivity contribution >= 4 is 5.57 Å². The molecular weight excluding hydrogens is 454 g/mol. The molecule has 2 aliphatic heterocycles. The summed E-state index contributed by atoms with van der Waals surface area (Å²) >= 11 is 0. The van der Waals surface area contributed by atoms with Gasteiger partial charge in [0, 0.05) is 37.4 Å². The van der Waals surface area contributed by atoms with Crippen molar-refractivity contribution in [1.82, 2.24) is 15.5 Å². The molecule has 2 heterocycles. The second-order valence-corrected chi connectivity index (χ2v) is 13.3. The van der Waals surface area contributed by atoms with Gasteiger partial charge in [-0.15, -0.1) is 0 Å². The third kappa shape index (κ3) is 5.77. The zero-order chi connectivity index (χ0) is 26.2. The number of likely N-dealkylation sites (tertiary alicyclic amines) is 1. The van der Waals surface area contributed by atoms with Crippen LogP contribution in [0.4, 0.5) is 0 Å². The van der Waals surface area contributed by atoms with Crippen LogP contribution in [-0.2, 0) is 10.8 Å². The molecular formula is C33H49N3O. The van der Waals surface area contributed by atoms with Crippen LogP contribution in [0.1, 0.15) is 96.3 Å². The first-order chi connectivity index (χ1) is 17.6. The number of piperidine rings is 1. The van der Waals surface area contributed by atoms with Crippen molar-refractivity contribution in [2.75, 3.05) is 26.2 Å². The highest BCUT2D eigenvalue weighted by molar-refractivity contribution is 5.78. The van der Waals surface area contributed by atoms with Crippen LogP contribution in [0.25, 0.3) is 5.57 Å². The zero-order valence-electron chi connectivity index (χ0n) is 23.9. The van der Waals surface area contributed by atoms with E-state index in [4.69, 9.17) is 0 Å². The van der Waals surface area contributed by atoms with Gasteiger partial charge in [-0.3, -0.25) is 0 Å². The van der Waals surface area contributed by atoms with Crippen molar-refractivity contribution < 1.29 is 5.11 Å². The minimum absolute atomic E-state index is 0.194. The average Bonchev–Trinajstić information content (AvgIpc) is 3.28. The normalized spacial score (nSPS) is 28.1. The van der Waals surface area contributed by atoms with E-state index in [-0.39, 0.29) is 23.0 Å². The molecule has 2 unspecified atom stereocenters. The molecule has 4 heteroatoms. The minimum Gasteiger partial charge on any atom is -0.391 e. The number of allylic oxidation sites excluding steroid dienone is 6. The van der Waals surface area contributed by atoms with E-state index < -0.39 is 0 Å². The Morgan fingerprint density at radius 3 is 2.43 bits per heavy atom. The monoisotopic (exact) mass is 503 g/mol. The fraction of sp³-hybridized carbons (Fsp3) is 0.636. The Hall–Kier alpha value is -1.88. The van der Waals surface area contributed by atoms with Gasteiger partial charge in [-0.25, -0.2) is 0 Å². The smallest absolute Gasteiger partial charge is 0.0717 e. The number of aliphatic hydroxyl groups is 1. The topological polar surface area (TPSA) is 47.5 Å². The SMILES string of the molecule is CC1=C(c2ccc3c(c2)C(C)(C)CCC3(C)C)C=CC=C(N2CCC(NCC3NCCC3O)CC2)CC1. The van der Waals surface area contributed by atoms with Crippen molar-refractivity contribution in [3.8, 4) is 0 Å². The number of nitrogens with one attached hydrogen (secondary N) is 2. The summed E-state index contributed by atoms with van der Waals surface area (Å²) in [4.78, 5) is 2.60. The third-order valence-electron chi connectivity index (χ3n) is 9.77. The molecule has 4 nitrogen and oxygen atoms in total. The van der Waals surface area contributed by atoms with Crippen LogP contribution in [0.15, 0.2) is 47.7 Å². The molecule has 0 spiro atoms. The molecule has 2 fully saturated rings. The van der Waals surface area contributed by atoms with Crippen molar-refractivity contribution in [2.24, 2.45) is 0 Å². The van der Waals surface area contributed by atoms with E-state index in [2.05, 4.69) is 86.6 Å². The lowest BCUT2D eigenvalue weighted by Gasteiger charge is -2.42. The number of hydrogen-bond acceptors (Lipinski definition) is 4. The molecule has 2 aliphatic carbocycles. The maximum atomic E-state index is 10.1. The first-order valence-electron chi connectivity index (χ1n) is 14.8. The van der Waals surface area contributed by atoms with E-state index in [0.29, 0.717) is 6.04 Å². The van der Waals surface area contributed by atoms with E-state index in [1.54, 1.807) is 5.56 Å². The van der Waals surface area contributed by atoms with Crippen molar-refractivity contribution in [3.05, 3.63) is 64.4 Å². The fourth-order valence-corrected chi connectivity index (χ4v) is 6.92. The number of rotatable bonds is 5. The minimum atomic E-state index is -0.194. The average molecular weight is 504 g/mol. The molecule has 37 heavy (non-hydrogen) atoms. The van der Waals surface area contributed by atoms with Crippen LogP contribution in [0.2, 0.25) is 0 Å². The Morgan fingerprint density at radius 2 is 1.73 bits per heavy atom. The van der Waals surface area contributed by atoms with Crippen LogP contribution in [0.3, 0.4) is 0 Å². The highest BCUT2D eigenvalue weighted by Crippen LogP contribution is 2.46. The molecule has 4 aliphatic rings. The van der Waals surface area contributed by atoms with Gasteiger partial charge < -0.3 is 20.6 Å². The van der Waals surface area contributed by atoms with Gasteiger partial charge in [0.15, 0.2) is 0 Å². The standard InChI is InChI=1S/C33H49N3O/c1-23-9-11-26(36-19-14-25(15-20-36)35-22-30-31(37)13-18-34-30)7-6-8-27(23)24-10-12-28-29(21-24)33(4,5)17-16-32(28,2)3/h6-8,10,12,21,25,30-31,34-35,37H,9,11,13-20,22H2,1-5H3. The van der Waals surface area contributed by atoms with Crippen molar-refractivity contribution in [1.29, 1.82) is 0 Å². The molecule has 202 valence electrons. The highest BCUT2D eigenvalue weighted by atomic mass is 16.3. The number of nitrogens with zero attached hydrogens (tertiary/aromatic N) is 1. The third-order valence-corrected chi connectivity index (χ3v) is 9.77. The molecule has 0 amide bonds. The summed E-state index contributed by atoms with van der Waals surface area (Å²) in [5.74, 6) is 0. The Kier molecular flexibility index (Phi) is 7.73. The molecule has 0 saturated carbocycles. The van der Waals surface area contributed by atoms with Gasteiger partial charge in [-0.05, 0) is 97.6 Å². The summed E-state index contributed by atoms with van der Waals surface area (Å²) < 4.78 is 0. The second kappa shape index (κ2) is 10.7. The van der Waals surface area contributed by atoms with Crippen LogP contribution >= 0.6 is 0 Å². The Balaban J connectivity index is 1.24. The zero-order valence-corrected chi connectivity index (χ0v) is 23.9. The van der Waals surface area contributed by atoms with Crippen LogP contribution < -0.4 is 10.6 Å². The van der Waals surface area contributed by atoms with E-state index in [1.807, 2.05) is 0 Å². The van der Waals surface area contributed by atoms with E-state index in [9.17, 15) is 5.11 Å². The van der Waals surface area contributed by atoms with Gasteiger partial charge in [0.25, 0.3) is 0 Å². The van der Waals surface area contributed by atoms with Crippen molar-refractivity contribution in [3.63, 3.8) is 0 Å². The van der Waals surface area contributed by atoms with Gasteiger partial charge in [0.05, 0.1) is 6.10 Å². The lowest BCUT2D eigenvalue weighted by atomic mass is 9.63. The molecule has 2 atom stereocenters. The molecule has 1 aromatic rings. The van der Waals surface area contributed by atoms with Gasteiger partial charge in [0.2, 0.25) is 0 Å². The first-order valence-corrected chi connectivity index (χ1v) is 14.8. The maximum absolute atomic E-state index is 10.1. The Morgan fingerprint density at radius 1 is 1.00 bits per heavy atom. The molecule has 3 N–H and O–H groups in total. The number of hydrogen-bond donors (Lipinski definition) is 3. The largest absolute Gasteiger partial charge is 0.391 e. The summed E-state index contributed by atoms with van der Waals surface area (Å²) in [6.45, 7) is 16.0. The molecule has 1 aromatic carbocycles. The number of fused-ring (bicyclic) bond motifs is 1. The van der Waals surface area contributed by atoms with Gasteiger partial charge in [0.1, 0.15) is 0 Å². The van der Waals surface area contributed by atoms with Gasteiger partial charge >= 0.3 is 0 Å². The van der Waals surface area contributed by atoms with Crippen LogP contribution in [0, 0.1) is 0 Å². The summed E-state index contributed by atoms with van der Waals surface area (Å²) in [5, 5.41) is 17.2.